The quantitative estimate of drug-likeness (QED) is 0.709. The molecule has 0 radical (unpaired) electrons. The molecule has 2 aromatic heterocycles. The van der Waals surface area contributed by atoms with Crippen molar-refractivity contribution in [2.45, 2.75) is 52.2 Å². The van der Waals surface area contributed by atoms with Crippen LogP contribution >= 0.6 is 11.3 Å². The van der Waals surface area contributed by atoms with Crippen LogP contribution in [0.3, 0.4) is 0 Å². The van der Waals surface area contributed by atoms with E-state index in [0.717, 1.165) is 41.6 Å². The minimum Gasteiger partial charge on any atom is -0.491 e. The highest BCUT2D eigenvalue weighted by molar-refractivity contribution is 7.18. The third-order valence-corrected chi connectivity index (χ3v) is 6.37. The van der Waals surface area contributed by atoms with Gasteiger partial charge in [-0.15, -0.1) is 11.3 Å². The Morgan fingerprint density at radius 3 is 2.81 bits per heavy atom. The first-order chi connectivity index (χ1) is 13.1. The van der Waals surface area contributed by atoms with Gasteiger partial charge in [-0.2, -0.15) is 0 Å². The molecule has 1 aliphatic rings. The first kappa shape index (κ1) is 18.2. The third kappa shape index (κ3) is 3.51. The second-order valence-electron chi connectivity index (χ2n) is 7.07. The Balaban J connectivity index is 1.51. The normalized spacial score (nSPS) is 14.5. The van der Waals surface area contributed by atoms with Crippen LogP contribution in [-0.4, -0.2) is 27.4 Å². The summed E-state index contributed by atoms with van der Waals surface area (Å²) in [6.45, 7) is 4.25. The Labute approximate surface area is 162 Å². The van der Waals surface area contributed by atoms with E-state index >= 15 is 0 Å². The molecule has 4 rings (SSSR count). The highest BCUT2D eigenvalue weighted by Crippen LogP contribution is 2.34. The zero-order chi connectivity index (χ0) is 19.0. The van der Waals surface area contributed by atoms with Gasteiger partial charge in [-0.25, -0.2) is 4.98 Å². The van der Waals surface area contributed by atoms with Crippen molar-refractivity contribution in [3.8, 4) is 5.75 Å². The van der Waals surface area contributed by atoms with Gasteiger partial charge in [0.05, 0.1) is 11.9 Å². The summed E-state index contributed by atoms with van der Waals surface area (Å²) in [6, 6.07) is 7.85. The van der Waals surface area contributed by atoms with Crippen LogP contribution in [0.4, 0.5) is 0 Å². The summed E-state index contributed by atoms with van der Waals surface area (Å²) >= 11 is 1.64. The number of aryl methyl sites for hydroxylation is 4. The first-order valence-electron chi connectivity index (χ1n) is 9.48. The molecule has 142 valence electrons. The summed E-state index contributed by atoms with van der Waals surface area (Å²) in [4.78, 5) is 19.8. The molecule has 1 N–H and O–H groups in total. The number of benzene rings is 1. The Hall–Kier alpha value is -2.18. The SMILES string of the molecule is CCc1ccc(OC[C@@H](O)Cn2c(C)nc3sc4c(c3c2=O)CCC4)cc1. The van der Waals surface area contributed by atoms with Crippen LogP contribution in [-0.2, 0) is 25.8 Å². The minimum absolute atomic E-state index is 0.0387. The highest BCUT2D eigenvalue weighted by Gasteiger charge is 2.23. The average Bonchev–Trinajstić information content (AvgIpc) is 3.24. The van der Waals surface area contributed by atoms with Crippen molar-refractivity contribution in [2.75, 3.05) is 6.61 Å². The summed E-state index contributed by atoms with van der Waals surface area (Å²) in [5.74, 6) is 1.36. The number of aromatic nitrogens is 2. The summed E-state index contributed by atoms with van der Waals surface area (Å²) in [5, 5.41) is 11.2. The standard InChI is InChI=1S/C21H24N2O3S/c1-3-14-7-9-16(10-8-14)26-12-15(24)11-23-13(2)22-20-19(21(23)25)17-5-4-6-18(17)27-20/h7-10,15,24H,3-6,11-12H2,1-2H3/t15-/m0/s1. The van der Waals surface area contributed by atoms with Gasteiger partial charge >= 0.3 is 0 Å². The van der Waals surface area contributed by atoms with E-state index in [1.165, 1.54) is 16.0 Å². The number of hydrogen-bond donors (Lipinski definition) is 1. The van der Waals surface area contributed by atoms with Crippen LogP contribution < -0.4 is 10.3 Å². The van der Waals surface area contributed by atoms with E-state index in [2.05, 4.69) is 11.9 Å². The van der Waals surface area contributed by atoms with Crippen LogP contribution in [0.5, 0.6) is 5.75 Å². The lowest BCUT2D eigenvalue weighted by Gasteiger charge is -2.16. The van der Waals surface area contributed by atoms with E-state index < -0.39 is 6.10 Å². The van der Waals surface area contributed by atoms with Crippen molar-refractivity contribution in [3.05, 3.63) is 56.4 Å². The Morgan fingerprint density at radius 1 is 1.30 bits per heavy atom. The summed E-state index contributed by atoms with van der Waals surface area (Å²) in [6.07, 6.45) is 3.31. The van der Waals surface area contributed by atoms with Crippen LogP contribution in [0, 0.1) is 6.92 Å². The van der Waals surface area contributed by atoms with E-state index in [0.29, 0.717) is 5.82 Å². The zero-order valence-electron chi connectivity index (χ0n) is 15.7. The molecule has 1 aromatic carbocycles. The van der Waals surface area contributed by atoms with E-state index in [4.69, 9.17) is 4.74 Å². The van der Waals surface area contributed by atoms with E-state index in [9.17, 15) is 9.90 Å². The molecule has 0 aliphatic heterocycles. The average molecular weight is 385 g/mol. The van der Waals surface area contributed by atoms with Crippen LogP contribution in [0.2, 0.25) is 0 Å². The van der Waals surface area contributed by atoms with Crippen molar-refractivity contribution in [3.63, 3.8) is 0 Å². The van der Waals surface area contributed by atoms with Gasteiger partial charge in [0.1, 0.15) is 29.1 Å². The topological polar surface area (TPSA) is 64.3 Å². The maximum Gasteiger partial charge on any atom is 0.262 e. The molecule has 3 aromatic rings. The second-order valence-corrected chi connectivity index (χ2v) is 8.16. The molecule has 0 bridgehead atoms. The number of thiophene rings is 1. The fourth-order valence-electron chi connectivity index (χ4n) is 3.67. The van der Waals surface area contributed by atoms with Crippen molar-refractivity contribution in [2.24, 2.45) is 0 Å². The van der Waals surface area contributed by atoms with Gasteiger partial charge in [-0.05, 0) is 55.9 Å². The Kier molecular flexibility index (Phi) is 5.02. The molecule has 6 heteroatoms. The van der Waals surface area contributed by atoms with Crippen molar-refractivity contribution < 1.29 is 9.84 Å². The van der Waals surface area contributed by atoms with Gasteiger partial charge < -0.3 is 9.84 Å². The van der Waals surface area contributed by atoms with Crippen molar-refractivity contribution in [1.82, 2.24) is 9.55 Å². The molecule has 0 saturated carbocycles. The predicted molar refractivity (Wildman–Crippen MR) is 108 cm³/mol. The van der Waals surface area contributed by atoms with Crippen LogP contribution in [0.1, 0.15) is 35.2 Å². The molecule has 0 spiro atoms. The molecule has 27 heavy (non-hydrogen) atoms. The van der Waals surface area contributed by atoms with Crippen LogP contribution in [0.25, 0.3) is 10.2 Å². The lowest BCUT2D eigenvalue weighted by atomic mass is 10.2. The van der Waals surface area contributed by atoms with E-state index in [-0.39, 0.29) is 18.7 Å². The maximum absolute atomic E-state index is 13.0. The minimum atomic E-state index is -0.779. The molecule has 2 heterocycles. The summed E-state index contributed by atoms with van der Waals surface area (Å²) in [5.41, 5.74) is 2.37. The maximum atomic E-state index is 13.0. The van der Waals surface area contributed by atoms with Gasteiger partial charge in [0.25, 0.3) is 5.56 Å². The molecule has 0 saturated heterocycles. The molecule has 1 aliphatic carbocycles. The zero-order valence-corrected chi connectivity index (χ0v) is 16.5. The second kappa shape index (κ2) is 7.44. The molecule has 1 atom stereocenters. The van der Waals surface area contributed by atoms with Gasteiger partial charge in [0, 0.05) is 4.88 Å². The number of aliphatic hydroxyl groups is 1. The summed E-state index contributed by atoms with van der Waals surface area (Å²) < 4.78 is 7.27. The largest absolute Gasteiger partial charge is 0.491 e. The number of nitrogens with zero attached hydrogens (tertiary/aromatic N) is 2. The number of aliphatic hydroxyl groups excluding tert-OH is 1. The number of hydrogen-bond acceptors (Lipinski definition) is 5. The molecule has 0 amide bonds. The lowest BCUT2D eigenvalue weighted by Crippen LogP contribution is -2.32. The van der Waals surface area contributed by atoms with Gasteiger partial charge in [0.2, 0.25) is 0 Å². The molecule has 5 nitrogen and oxygen atoms in total. The van der Waals surface area contributed by atoms with E-state index in [1.807, 2.05) is 31.2 Å². The number of fused-ring (bicyclic) bond motifs is 3. The molecule has 0 unspecified atom stereocenters. The van der Waals surface area contributed by atoms with E-state index in [1.54, 1.807) is 15.9 Å². The van der Waals surface area contributed by atoms with Crippen molar-refractivity contribution >= 4 is 21.6 Å². The number of rotatable bonds is 6. The third-order valence-electron chi connectivity index (χ3n) is 5.18. The van der Waals surface area contributed by atoms with Gasteiger partial charge in [-0.1, -0.05) is 19.1 Å². The molecular formula is C21H24N2O3S. The lowest BCUT2D eigenvalue weighted by molar-refractivity contribution is 0.0909. The predicted octanol–water partition coefficient (Wildman–Crippen LogP) is 3.26. The fraction of sp³-hybridized carbons (Fsp3) is 0.429. The van der Waals surface area contributed by atoms with Gasteiger partial charge in [0.15, 0.2) is 0 Å². The fourth-order valence-corrected chi connectivity index (χ4v) is 4.97. The molecule has 0 fully saturated rings. The van der Waals surface area contributed by atoms with Crippen molar-refractivity contribution in [1.29, 1.82) is 0 Å². The highest BCUT2D eigenvalue weighted by atomic mass is 32.1. The van der Waals surface area contributed by atoms with Gasteiger partial charge in [-0.3, -0.25) is 9.36 Å². The number of ether oxygens (including phenoxy) is 1. The Bertz CT molecular complexity index is 1020. The monoisotopic (exact) mass is 384 g/mol. The van der Waals surface area contributed by atoms with Crippen LogP contribution in [0.15, 0.2) is 29.1 Å². The first-order valence-corrected chi connectivity index (χ1v) is 10.3. The smallest absolute Gasteiger partial charge is 0.262 e. The molecular weight excluding hydrogens is 360 g/mol. The summed E-state index contributed by atoms with van der Waals surface area (Å²) in [7, 11) is 0. The Morgan fingerprint density at radius 2 is 2.07 bits per heavy atom.